The molecule has 172 valence electrons. The van der Waals surface area contributed by atoms with Gasteiger partial charge in [-0.1, -0.05) is 0 Å². The third-order valence-corrected chi connectivity index (χ3v) is 6.45. The molecule has 4 heterocycles. The molecule has 0 unspecified atom stereocenters. The molecule has 3 aromatic rings. The Balaban J connectivity index is 1.45. The van der Waals surface area contributed by atoms with Gasteiger partial charge in [-0.05, 0) is 36.6 Å². The molecular weight excluding hydrogens is 424 g/mol. The molecule has 33 heavy (non-hydrogen) atoms. The molecule has 11 nitrogen and oxygen atoms in total. The van der Waals surface area contributed by atoms with Crippen LogP contribution in [0.3, 0.4) is 0 Å². The molecule has 2 aliphatic heterocycles. The molecule has 1 saturated heterocycles. The number of ether oxygens (including phenoxy) is 2. The number of carbonyl (C=O) groups excluding carboxylic acids is 1. The number of hydrogen-bond acceptors (Lipinski definition) is 9. The maximum Gasteiger partial charge on any atom is 0.328 e. The number of rotatable bonds is 2. The number of amides is 1. The van der Waals surface area contributed by atoms with Gasteiger partial charge in [-0.3, -0.25) is 0 Å². The van der Waals surface area contributed by atoms with Crippen LogP contribution in [-0.4, -0.2) is 71.0 Å². The molecule has 1 amide bonds. The summed E-state index contributed by atoms with van der Waals surface area (Å²) >= 11 is 0. The minimum atomic E-state index is -0.271. The Kier molecular flexibility index (Phi) is 4.99. The van der Waals surface area contributed by atoms with Crippen molar-refractivity contribution in [2.45, 2.75) is 31.6 Å². The smallest absolute Gasteiger partial charge is 0.328 e. The zero-order valence-electron chi connectivity index (χ0n) is 18.4. The summed E-state index contributed by atoms with van der Waals surface area (Å²) in [6.45, 7) is 3.56. The third kappa shape index (κ3) is 3.72. The van der Waals surface area contributed by atoms with E-state index < -0.39 is 0 Å². The first-order chi connectivity index (χ1) is 16.2. The zero-order chi connectivity index (χ0) is 22.4. The molecule has 4 bridgehead atoms. The SMILES string of the molecule is CNc1nc2nc3c1ncn3C(=O)N[C@@H]1CC[C@H]1OCc1cc(cc(N3CCOCC3)c1)N2. The Morgan fingerprint density at radius 2 is 2.03 bits per heavy atom. The monoisotopic (exact) mass is 450 g/mol. The molecule has 2 fully saturated rings. The van der Waals surface area contributed by atoms with Gasteiger partial charge in [-0.25, -0.2) is 14.3 Å². The number of benzene rings is 1. The van der Waals surface area contributed by atoms with E-state index >= 15 is 0 Å². The van der Waals surface area contributed by atoms with E-state index in [0.717, 1.165) is 42.9 Å². The molecule has 6 rings (SSSR count). The molecule has 0 radical (unpaired) electrons. The molecule has 11 heteroatoms. The quantitative estimate of drug-likeness (QED) is 0.539. The van der Waals surface area contributed by atoms with Crippen molar-refractivity contribution in [2.24, 2.45) is 0 Å². The Morgan fingerprint density at radius 3 is 2.82 bits per heavy atom. The van der Waals surface area contributed by atoms with Gasteiger partial charge in [-0.15, -0.1) is 0 Å². The number of imidazole rings is 1. The van der Waals surface area contributed by atoms with Crippen molar-refractivity contribution in [3.8, 4) is 0 Å². The van der Waals surface area contributed by atoms with Gasteiger partial charge >= 0.3 is 6.03 Å². The van der Waals surface area contributed by atoms with Crippen LogP contribution < -0.4 is 20.9 Å². The first-order valence-electron chi connectivity index (χ1n) is 11.3. The largest absolute Gasteiger partial charge is 0.378 e. The van der Waals surface area contributed by atoms with Crippen LogP contribution in [-0.2, 0) is 16.1 Å². The Hall–Kier alpha value is -3.44. The summed E-state index contributed by atoms with van der Waals surface area (Å²) in [7, 11) is 1.77. The second-order valence-electron chi connectivity index (χ2n) is 8.53. The van der Waals surface area contributed by atoms with E-state index in [-0.39, 0.29) is 18.2 Å². The van der Waals surface area contributed by atoms with Gasteiger partial charge in [0.05, 0.1) is 32.0 Å². The van der Waals surface area contributed by atoms with Crippen LogP contribution in [0.5, 0.6) is 0 Å². The number of fused-ring (bicyclic) bond motifs is 4. The van der Waals surface area contributed by atoms with Gasteiger partial charge in [0, 0.05) is 31.5 Å². The van der Waals surface area contributed by atoms with Crippen LogP contribution in [0.1, 0.15) is 18.4 Å². The molecule has 1 saturated carbocycles. The predicted molar refractivity (Wildman–Crippen MR) is 123 cm³/mol. The second kappa shape index (κ2) is 8.16. The first-order valence-corrected chi connectivity index (χ1v) is 11.3. The topological polar surface area (TPSA) is 118 Å². The minimum Gasteiger partial charge on any atom is -0.378 e. The highest BCUT2D eigenvalue weighted by Crippen LogP contribution is 2.30. The number of anilines is 4. The van der Waals surface area contributed by atoms with Gasteiger partial charge in [0.25, 0.3) is 0 Å². The minimum absolute atomic E-state index is 0.0202. The van der Waals surface area contributed by atoms with Crippen LogP contribution in [0.15, 0.2) is 24.5 Å². The van der Waals surface area contributed by atoms with Crippen molar-refractivity contribution < 1.29 is 14.3 Å². The summed E-state index contributed by atoms with van der Waals surface area (Å²) in [5.74, 6) is 0.932. The average molecular weight is 451 g/mol. The van der Waals surface area contributed by atoms with Crippen LogP contribution in [0.4, 0.5) is 27.9 Å². The van der Waals surface area contributed by atoms with E-state index in [1.165, 1.54) is 10.9 Å². The van der Waals surface area contributed by atoms with Gasteiger partial charge < -0.3 is 30.3 Å². The molecule has 3 aliphatic rings. The van der Waals surface area contributed by atoms with E-state index in [4.69, 9.17) is 9.47 Å². The van der Waals surface area contributed by atoms with Gasteiger partial charge in [0.15, 0.2) is 17.0 Å². The van der Waals surface area contributed by atoms with Crippen molar-refractivity contribution in [3.63, 3.8) is 0 Å². The first kappa shape index (κ1) is 20.2. The number of nitrogens with one attached hydrogen (secondary N) is 3. The van der Waals surface area contributed by atoms with Gasteiger partial charge in [-0.2, -0.15) is 9.97 Å². The van der Waals surface area contributed by atoms with Crippen molar-refractivity contribution >= 4 is 40.3 Å². The number of aromatic nitrogens is 4. The molecule has 0 spiro atoms. The van der Waals surface area contributed by atoms with E-state index in [2.05, 4.69) is 54.0 Å². The fourth-order valence-electron chi connectivity index (χ4n) is 4.51. The molecule has 3 N–H and O–H groups in total. The number of nitrogens with zero attached hydrogens (tertiary/aromatic N) is 5. The van der Waals surface area contributed by atoms with E-state index in [9.17, 15) is 4.79 Å². The molecule has 2 aromatic heterocycles. The van der Waals surface area contributed by atoms with Crippen LogP contribution in [0.2, 0.25) is 0 Å². The van der Waals surface area contributed by atoms with Crippen LogP contribution in [0, 0.1) is 0 Å². The molecule has 2 atom stereocenters. The van der Waals surface area contributed by atoms with E-state index in [0.29, 0.717) is 42.8 Å². The highest BCUT2D eigenvalue weighted by Gasteiger charge is 2.34. The summed E-state index contributed by atoms with van der Waals surface area (Å²) in [4.78, 5) is 28.9. The summed E-state index contributed by atoms with van der Waals surface area (Å²) in [6, 6.07) is 6.00. The van der Waals surface area contributed by atoms with Crippen molar-refractivity contribution in [2.75, 3.05) is 48.9 Å². The van der Waals surface area contributed by atoms with Crippen molar-refractivity contribution in [3.05, 3.63) is 30.1 Å². The lowest BCUT2D eigenvalue weighted by Gasteiger charge is -2.37. The lowest BCUT2D eigenvalue weighted by molar-refractivity contribution is -0.0323. The van der Waals surface area contributed by atoms with Gasteiger partial charge in [0.2, 0.25) is 5.95 Å². The third-order valence-electron chi connectivity index (χ3n) is 6.45. The van der Waals surface area contributed by atoms with Crippen molar-refractivity contribution in [1.82, 2.24) is 24.8 Å². The lowest BCUT2D eigenvalue weighted by atomic mass is 9.89. The van der Waals surface area contributed by atoms with Crippen LogP contribution in [0.25, 0.3) is 11.2 Å². The Bertz CT molecular complexity index is 1210. The number of carbonyl (C=O) groups is 1. The highest BCUT2D eigenvalue weighted by molar-refractivity contribution is 5.92. The highest BCUT2D eigenvalue weighted by atomic mass is 16.5. The molecular formula is C22H26N8O3. The maximum atomic E-state index is 13.0. The summed E-state index contributed by atoms with van der Waals surface area (Å²) in [6.07, 6.45) is 3.26. The second-order valence-corrected chi connectivity index (χ2v) is 8.53. The Morgan fingerprint density at radius 1 is 1.15 bits per heavy atom. The number of hydrogen-bond donors (Lipinski definition) is 3. The van der Waals surface area contributed by atoms with Gasteiger partial charge in [0.1, 0.15) is 6.33 Å². The summed E-state index contributed by atoms with van der Waals surface area (Å²) in [5.41, 5.74) is 3.99. The fraction of sp³-hybridized carbons (Fsp3) is 0.455. The summed E-state index contributed by atoms with van der Waals surface area (Å²) in [5, 5.41) is 9.46. The average Bonchev–Trinajstić information content (AvgIpc) is 3.25. The zero-order valence-corrected chi connectivity index (χ0v) is 18.4. The normalized spacial score (nSPS) is 22.7. The molecule has 1 aliphatic carbocycles. The van der Waals surface area contributed by atoms with E-state index in [1.54, 1.807) is 7.05 Å². The predicted octanol–water partition coefficient (Wildman–Crippen LogP) is 2.07. The molecule has 1 aromatic carbocycles. The van der Waals surface area contributed by atoms with E-state index in [1.807, 2.05) is 0 Å². The van der Waals surface area contributed by atoms with Crippen molar-refractivity contribution in [1.29, 1.82) is 0 Å². The van der Waals surface area contributed by atoms with Crippen LogP contribution >= 0.6 is 0 Å². The fourth-order valence-corrected chi connectivity index (χ4v) is 4.51. The lowest BCUT2D eigenvalue weighted by Crippen LogP contribution is -2.52. The standard InChI is InChI=1S/C22H26N8O3/c1-23-19-18-20-28-21(27-19)25-14-8-13(9-15(10-14)29-4-6-32-7-5-29)11-33-17-3-2-16(17)26-22(31)30(20)12-24-18/h8-10,12,16-17H,2-7,11H2,1H3,(H,26,31)(H2,23,25,27,28)/t16-,17-/m1/s1. The maximum absolute atomic E-state index is 13.0. The number of morpholine rings is 1. The summed E-state index contributed by atoms with van der Waals surface area (Å²) < 4.78 is 13.2. The Labute approximate surface area is 190 Å².